The highest BCUT2D eigenvalue weighted by molar-refractivity contribution is 7.89. The van der Waals surface area contributed by atoms with E-state index in [1.54, 1.807) is 31.2 Å². The molecule has 0 aliphatic rings. The second-order valence-corrected chi connectivity index (χ2v) is 5.98. The maximum atomic E-state index is 11.7. The Bertz CT molecular complexity index is 486. The maximum absolute atomic E-state index is 11.7. The third-order valence-electron chi connectivity index (χ3n) is 2.59. The van der Waals surface area contributed by atoms with E-state index in [-0.39, 0.29) is 19.0 Å². The molecule has 0 radical (unpaired) electrons. The van der Waals surface area contributed by atoms with Crippen LogP contribution in [0.5, 0.6) is 5.75 Å². The van der Waals surface area contributed by atoms with Crippen molar-refractivity contribution in [2.24, 2.45) is 0 Å². The lowest BCUT2D eigenvalue weighted by molar-refractivity contribution is 0.253. The maximum Gasteiger partial charge on any atom is 0.215 e. The van der Waals surface area contributed by atoms with Crippen LogP contribution in [0.25, 0.3) is 0 Å². The van der Waals surface area contributed by atoms with E-state index in [0.29, 0.717) is 17.9 Å². The summed E-state index contributed by atoms with van der Waals surface area (Å²) in [5.74, 6) is 0.282. The Morgan fingerprint density at radius 3 is 2.68 bits per heavy atom. The van der Waals surface area contributed by atoms with Gasteiger partial charge in [-0.25, -0.2) is 13.1 Å². The van der Waals surface area contributed by atoms with Crippen LogP contribution in [0.3, 0.4) is 0 Å². The Morgan fingerprint density at radius 1 is 1.42 bits per heavy atom. The molecular formula is C12H20N2O4S. The number of benzene rings is 1. The van der Waals surface area contributed by atoms with E-state index < -0.39 is 16.1 Å². The summed E-state index contributed by atoms with van der Waals surface area (Å²) in [4.78, 5) is 0. The highest BCUT2D eigenvalue weighted by Gasteiger charge is 2.16. The molecule has 0 heterocycles. The van der Waals surface area contributed by atoms with Crippen molar-refractivity contribution >= 4 is 15.7 Å². The van der Waals surface area contributed by atoms with Crippen molar-refractivity contribution in [1.29, 1.82) is 0 Å². The van der Waals surface area contributed by atoms with Gasteiger partial charge in [-0.1, -0.05) is 19.1 Å². The summed E-state index contributed by atoms with van der Waals surface area (Å²) in [7, 11) is -3.46. The molecule has 108 valence electrons. The van der Waals surface area contributed by atoms with E-state index in [0.717, 1.165) is 0 Å². The van der Waals surface area contributed by atoms with Crippen LogP contribution in [-0.2, 0) is 10.0 Å². The second kappa shape index (κ2) is 7.32. The van der Waals surface area contributed by atoms with Gasteiger partial charge in [0.15, 0.2) is 0 Å². The Kier molecular flexibility index (Phi) is 6.07. The fraction of sp³-hybridized carbons (Fsp3) is 0.500. The number of anilines is 1. The molecule has 0 amide bonds. The van der Waals surface area contributed by atoms with E-state index in [1.165, 1.54) is 0 Å². The van der Waals surface area contributed by atoms with Gasteiger partial charge in [-0.05, 0) is 18.6 Å². The number of sulfonamides is 1. The van der Waals surface area contributed by atoms with Gasteiger partial charge in [-0.2, -0.15) is 0 Å². The molecule has 19 heavy (non-hydrogen) atoms. The molecule has 1 aromatic rings. The molecule has 0 aliphatic carbocycles. The van der Waals surface area contributed by atoms with E-state index >= 15 is 0 Å². The topological polar surface area (TPSA) is 102 Å². The predicted octanol–water partition coefficient (Wildman–Crippen LogP) is 0.338. The third kappa shape index (κ3) is 5.46. The van der Waals surface area contributed by atoms with E-state index in [1.807, 2.05) is 0 Å². The van der Waals surface area contributed by atoms with Crippen LogP contribution in [0, 0.1) is 0 Å². The molecule has 1 atom stereocenters. The molecule has 0 saturated carbocycles. The van der Waals surface area contributed by atoms with Crippen molar-refractivity contribution in [1.82, 2.24) is 4.72 Å². The number of aliphatic hydroxyl groups is 1. The van der Waals surface area contributed by atoms with Gasteiger partial charge < -0.3 is 15.6 Å². The van der Waals surface area contributed by atoms with Crippen LogP contribution in [0.1, 0.15) is 13.3 Å². The average molecular weight is 288 g/mol. The monoisotopic (exact) mass is 288 g/mol. The number of nitrogens with two attached hydrogens (primary N) is 1. The van der Waals surface area contributed by atoms with Crippen molar-refractivity contribution in [3.63, 3.8) is 0 Å². The van der Waals surface area contributed by atoms with Crippen LogP contribution in [0.15, 0.2) is 24.3 Å². The molecule has 0 spiro atoms. The van der Waals surface area contributed by atoms with Crippen LogP contribution in [0.4, 0.5) is 5.69 Å². The minimum atomic E-state index is -3.46. The van der Waals surface area contributed by atoms with Crippen LogP contribution in [0.2, 0.25) is 0 Å². The molecule has 1 aromatic carbocycles. The largest absolute Gasteiger partial charge is 0.490 e. The normalized spacial score (nSPS) is 13.2. The number of hydrogen-bond acceptors (Lipinski definition) is 5. The first-order valence-electron chi connectivity index (χ1n) is 6.06. The van der Waals surface area contributed by atoms with E-state index in [4.69, 9.17) is 15.6 Å². The predicted molar refractivity (Wildman–Crippen MR) is 74.4 cm³/mol. The minimum Gasteiger partial charge on any atom is -0.490 e. The number of rotatable bonds is 8. The highest BCUT2D eigenvalue weighted by Crippen LogP contribution is 2.19. The zero-order valence-electron chi connectivity index (χ0n) is 10.9. The number of aliphatic hydroxyl groups excluding tert-OH is 1. The average Bonchev–Trinajstić information content (AvgIpc) is 2.38. The first-order chi connectivity index (χ1) is 8.98. The smallest absolute Gasteiger partial charge is 0.215 e. The second-order valence-electron chi connectivity index (χ2n) is 4.11. The zero-order chi connectivity index (χ0) is 14.3. The van der Waals surface area contributed by atoms with Crippen molar-refractivity contribution in [3.05, 3.63) is 24.3 Å². The van der Waals surface area contributed by atoms with Gasteiger partial charge in [-0.15, -0.1) is 0 Å². The lowest BCUT2D eigenvalue weighted by Crippen LogP contribution is -2.39. The Hall–Kier alpha value is -1.31. The third-order valence-corrected chi connectivity index (χ3v) is 3.98. The summed E-state index contributed by atoms with van der Waals surface area (Å²) in [6.07, 6.45) is 0.530. The Labute approximate surface area is 113 Å². The van der Waals surface area contributed by atoms with Crippen molar-refractivity contribution in [3.8, 4) is 5.75 Å². The molecule has 1 rings (SSSR count). The summed E-state index contributed by atoms with van der Waals surface area (Å²) in [5.41, 5.74) is 6.14. The van der Waals surface area contributed by atoms with Gasteiger partial charge in [0, 0.05) is 6.04 Å². The molecule has 0 fully saturated rings. The Balaban J connectivity index is 2.46. The zero-order valence-corrected chi connectivity index (χ0v) is 11.7. The quantitative estimate of drug-likeness (QED) is 0.599. The van der Waals surface area contributed by atoms with Crippen LogP contribution in [-0.4, -0.2) is 38.5 Å². The number of nitrogens with one attached hydrogen (secondary N) is 1. The van der Waals surface area contributed by atoms with Crippen molar-refractivity contribution < 1.29 is 18.3 Å². The molecule has 0 aromatic heterocycles. The van der Waals surface area contributed by atoms with Gasteiger partial charge in [0.1, 0.15) is 12.4 Å². The molecule has 0 bridgehead atoms. The van der Waals surface area contributed by atoms with Gasteiger partial charge >= 0.3 is 0 Å². The number of nitrogen functional groups attached to an aromatic ring is 1. The minimum absolute atomic E-state index is 0.00537. The molecule has 7 heteroatoms. The van der Waals surface area contributed by atoms with Gasteiger partial charge in [0.05, 0.1) is 18.0 Å². The summed E-state index contributed by atoms with van der Waals surface area (Å²) in [5, 5.41) is 8.95. The van der Waals surface area contributed by atoms with Gasteiger partial charge in [-0.3, -0.25) is 0 Å². The summed E-state index contributed by atoms with van der Waals surface area (Å²) >= 11 is 0. The number of ether oxygens (including phenoxy) is 1. The van der Waals surface area contributed by atoms with E-state index in [9.17, 15) is 8.42 Å². The van der Waals surface area contributed by atoms with Crippen molar-refractivity contribution in [2.45, 2.75) is 19.4 Å². The number of para-hydroxylation sites is 2. The fourth-order valence-electron chi connectivity index (χ4n) is 1.44. The molecule has 4 N–H and O–H groups in total. The summed E-state index contributed by atoms with van der Waals surface area (Å²) in [6.45, 7) is 1.58. The standard InChI is InChI=1S/C12H20N2O4S/c1-2-10(9-15)14-19(16,17)8-7-18-12-6-4-3-5-11(12)13/h3-6,10,14-15H,2,7-9,13H2,1H3. The molecule has 1 unspecified atom stereocenters. The first-order valence-corrected chi connectivity index (χ1v) is 7.72. The lowest BCUT2D eigenvalue weighted by Gasteiger charge is -2.14. The summed E-state index contributed by atoms with van der Waals surface area (Å²) < 4.78 is 31.1. The van der Waals surface area contributed by atoms with Gasteiger partial charge in [0.2, 0.25) is 10.0 Å². The molecule has 0 saturated heterocycles. The summed E-state index contributed by atoms with van der Waals surface area (Å²) in [6, 6.07) is 6.44. The SMILES string of the molecule is CCC(CO)NS(=O)(=O)CCOc1ccccc1N. The molecule has 0 aliphatic heterocycles. The number of hydrogen-bond donors (Lipinski definition) is 3. The highest BCUT2D eigenvalue weighted by atomic mass is 32.2. The van der Waals surface area contributed by atoms with Crippen LogP contribution >= 0.6 is 0 Å². The Morgan fingerprint density at radius 2 is 2.11 bits per heavy atom. The fourth-order valence-corrected chi connectivity index (χ4v) is 2.61. The van der Waals surface area contributed by atoms with E-state index in [2.05, 4.69) is 4.72 Å². The van der Waals surface area contributed by atoms with Crippen molar-refractivity contribution in [2.75, 3.05) is 24.7 Å². The lowest BCUT2D eigenvalue weighted by atomic mass is 10.3. The van der Waals surface area contributed by atoms with Crippen LogP contribution < -0.4 is 15.2 Å². The molecule has 6 nitrogen and oxygen atoms in total. The molecular weight excluding hydrogens is 268 g/mol. The van der Waals surface area contributed by atoms with Gasteiger partial charge in [0.25, 0.3) is 0 Å². The first kappa shape index (κ1) is 15.7.